The highest BCUT2D eigenvalue weighted by atomic mass is 15.1. The first-order valence-corrected chi connectivity index (χ1v) is 4.28. The largest absolute Gasteiger partial charge is 0.363 e. The van der Waals surface area contributed by atoms with Crippen LogP contribution < -0.4 is 5.32 Å². The molecule has 0 aliphatic carbocycles. The van der Waals surface area contributed by atoms with Crippen LogP contribution in [-0.2, 0) is 0 Å². The third-order valence-corrected chi connectivity index (χ3v) is 1.67. The third-order valence-electron chi connectivity index (χ3n) is 1.67. The Hall–Kier alpha value is -0.760. The molecule has 0 aromatic carbocycles. The van der Waals surface area contributed by atoms with E-state index in [0.29, 0.717) is 0 Å². The predicted octanol–water partition coefficient (Wildman–Crippen LogP) is 1.97. The Morgan fingerprint density at radius 1 is 1.50 bits per heavy atom. The molecular weight excluding hydrogens is 148 g/mol. The molecule has 0 bridgehead atoms. The minimum Gasteiger partial charge on any atom is -0.363 e. The van der Waals surface area contributed by atoms with Crippen LogP contribution >= 0.6 is 0 Å². The van der Waals surface area contributed by atoms with Crippen molar-refractivity contribution in [3.63, 3.8) is 0 Å². The second kappa shape index (κ2) is 5.84. The molecule has 0 aliphatic rings. The van der Waals surface area contributed by atoms with Gasteiger partial charge in [-0.1, -0.05) is 12.7 Å². The van der Waals surface area contributed by atoms with Gasteiger partial charge in [0.1, 0.15) is 0 Å². The van der Waals surface area contributed by atoms with Gasteiger partial charge in [-0.15, -0.1) is 0 Å². The third kappa shape index (κ3) is 5.98. The molecule has 0 amide bonds. The van der Waals surface area contributed by atoms with E-state index in [4.69, 9.17) is 0 Å². The summed E-state index contributed by atoms with van der Waals surface area (Å²) in [4.78, 5) is 2.15. The lowest BCUT2D eigenvalue weighted by molar-refractivity contribution is 0.410. The molecule has 0 aromatic rings. The summed E-state index contributed by atoms with van der Waals surface area (Å²) in [7, 11) is 4.13. The summed E-state index contributed by atoms with van der Waals surface area (Å²) in [5, 5.41) is 3.22. The van der Waals surface area contributed by atoms with Crippen molar-refractivity contribution in [2.75, 3.05) is 20.6 Å². The van der Waals surface area contributed by atoms with Crippen LogP contribution in [0.25, 0.3) is 0 Å². The molecule has 0 saturated carbocycles. The average Bonchev–Trinajstić information content (AvgIpc) is 2.00. The molecule has 70 valence electrons. The molecule has 0 rings (SSSR count). The van der Waals surface area contributed by atoms with E-state index >= 15 is 0 Å². The van der Waals surface area contributed by atoms with Gasteiger partial charge in [-0.2, -0.15) is 0 Å². The Kier molecular flexibility index (Phi) is 5.47. The molecule has 0 spiro atoms. The van der Waals surface area contributed by atoms with Crippen molar-refractivity contribution in [3.05, 3.63) is 24.0 Å². The van der Waals surface area contributed by atoms with Gasteiger partial charge in [0.2, 0.25) is 0 Å². The Labute approximate surface area is 76.0 Å². The monoisotopic (exact) mass is 168 g/mol. The molecule has 2 heteroatoms. The minimum atomic E-state index is 0.998. The maximum Gasteiger partial charge on any atom is 0.00882 e. The highest BCUT2D eigenvalue weighted by Crippen LogP contribution is 1.98. The number of allylic oxidation sites excluding steroid dienone is 2. The Bertz CT molecular complexity index is 169. The summed E-state index contributed by atoms with van der Waals surface area (Å²) in [6, 6.07) is 0. The van der Waals surface area contributed by atoms with Gasteiger partial charge >= 0.3 is 0 Å². The van der Waals surface area contributed by atoms with E-state index in [1.165, 1.54) is 5.70 Å². The van der Waals surface area contributed by atoms with E-state index in [2.05, 4.69) is 30.9 Å². The lowest BCUT2D eigenvalue weighted by Gasteiger charge is -2.12. The van der Waals surface area contributed by atoms with Crippen molar-refractivity contribution >= 4 is 0 Å². The van der Waals surface area contributed by atoms with Crippen LogP contribution in [0, 0.1) is 0 Å². The predicted molar refractivity (Wildman–Crippen MR) is 54.9 cm³/mol. The van der Waals surface area contributed by atoms with Gasteiger partial charge in [0.15, 0.2) is 0 Å². The summed E-state index contributed by atoms with van der Waals surface area (Å²) in [5.74, 6) is 0. The minimum absolute atomic E-state index is 0.998. The summed E-state index contributed by atoms with van der Waals surface area (Å²) in [6.45, 7) is 9.04. The fourth-order valence-electron chi connectivity index (χ4n) is 0.772. The molecule has 0 aliphatic heterocycles. The van der Waals surface area contributed by atoms with Gasteiger partial charge in [-0.05, 0) is 34.4 Å². The van der Waals surface area contributed by atoms with Crippen molar-refractivity contribution in [2.24, 2.45) is 0 Å². The molecule has 1 N–H and O–H groups in total. The molecule has 0 radical (unpaired) electrons. The number of hydrogen-bond acceptors (Lipinski definition) is 2. The van der Waals surface area contributed by atoms with Crippen LogP contribution in [0.4, 0.5) is 0 Å². The van der Waals surface area contributed by atoms with Crippen molar-refractivity contribution in [1.29, 1.82) is 0 Å². The van der Waals surface area contributed by atoms with Crippen LogP contribution in [-0.4, -0.2) is 25.5 Å². The number of rotatable bonds is 5. The van der Waals surface area contributed by atoms with Crippen molar-refractivity contribution in [1.82, 2.24) is 10.2 Å². The first kappa shape index (κ1) is 11.2. The number of hydrogen-bond donors (Lipinski definition) is 1. The summed E-state index contributed by atoms with van der Waals surface area (Å²) in [5.41, 5.74) is 2.25. The fourth-order valence-corrected chi connectivity index (χ4v) is 0.772. The van der Waals surface area contributed by atoms with Crippen LogP contribution in [0.3, 0.4) is 0 Å². The smallest absolute Gasteiger partial charge is 0.00882 e. The maximum atomic E-state index is 3.94. The Balaban J connectivity index is 3.61. The molecule has 0 aromatic heterocycles. The molecule has 0 heterocycles. The molecule has 0 unspecified atom stereocenters. The normalized spacial score (nSPS) is 11.9. The highest BCUT2D eigenvalue weighted by molar-refractivity contribution is 5.05. The first-order chi connectivity index (χ1) is 5.56. The summed E-state index contributed by atoms with van der Waals surface area (Å²) < 4.78 is 0. The van der Waals surface area contributed by atoms with Gasteiger partial charge in [0.05, 0.1) is 0 Å². The van der Waals surface area contributed by atoms with Gasteiger partial charge in [-0.3, -0.25) is 0 Å². The van der Waals surface area contributed by atoms with Crippen molar-refractivity contribution < 1.29 is 0 Å². The number of nitrogens with one attached hydrogen (secondary N) is 1. The molecule has 12 heavy (non-hydrogen) atoms. The molecule has 0 saturated heterocycles. The van der Waals surface area contributed by atoms with Crippen LogP contribution in [0.1, 0.15) is 20.3 Å². The lowest BCUT2D eigenvalue weighted by Crippen LogP contribution is -2.18. The van der Waals surface area contributed by atoms with Gasteiger partial charge in [0, 0.05) is 17.9 Å². The maximum absolute atomic E-state index is 3.94. The van der Waals surface area contributed by atoms with Crippen LogP contribution in [0.5, 0.6) is 0 Å². The van der Waals surface area contributed by atoms with Crippen LogP contribution in [0.15, 0.2) is 24.0 Å². The Morgan fingerprint density at radius 2 is 2.08 bits per heavy atom. The van der Waals surface area contributed by atoms with E-state index in [0.717, 1.165) is 18.7 Å². The van der Waals surface area contributed by atoms with Gasteiger partial charge in [-0.25, -0.2) is 0 Å². The molecular formula is C10H20N2. The average molecular weight is 168 g/mol. The fraction of sp³-hybridized carbons (Fsp3) is 0.600. The van der Waals surface area contributed by atoms with Crippen molar-refractivity contribution in [3.8, 4) is 0 Å². The summed E-state index contributed by atoms with van der Waals surface area (Å²) >= 11 is 0. The van der Waals surface area contributed by atoms with E-state index in [9.17, 15) is 0 Å². The zero-order valence-corrected chi connectivity index (χ0v) is 8.65. The van der Waals surface area contributed by atoms with Crippen molar-refractivity contribution in [2.45, 2.75) is 20.3 Å². The quantitative estimate of drug-likeness (QED) is 0.675. The van der Waals surface area contributed by atoms with Gasteiger partial charge < -0.3 is 10.2 Å². The molecule has 2 nitrogen and oxygen atoms in total. The van der Waals surface area contributed by atoms with E-state index < -0.39 is 0 Å². The molecule has 0 atom stereocenters. The second-order valence-corrected chi connectivity index (χ2v) is 3.25. The van der Waals surface area contributed by atoms with Crippen LogP contribution in [0.2, 0.25) is 0 Å². The molecule has 0 fully saturated rings. The first-order valence-electron chi connectivity index (χ1n) is 4.28. The lowest BCUT2D eigenvalue weighted by atomic mass is 10.3. The second-order valence-electron chi connectivity index (χ2n) is 3.25. The standard InChI is InChI=1S/C10H20N2/c1-6-9(2)11-10(3)7-8-12(4)5/h6,11H,3,7-8H2,1-2,4-5H3/b9-6+. The zero-order chi connectivity index (χ0) is 9.56. The highest BCUT2D eigenvalue weighted by Gasteiger charge is 1.94. The van der Waals surface area contributed by atoms with E-state index in [1.54, 1.807) is 0 Å². The zero-order valence-electron chi connectivity index (χ0n) is 8.65. The Morgan fingerprint density at radius 3 is 2.50 bits per heavy atom. The number of nitrogens with zero attached hydrogens (tertiary/aromatic N) is 1. The topological polar surface area (TPSA) is 15.3 Å². The van der Waals surface area contributed by atoms with E-state index in [1.807, 2.05) is 19.9 Å². The summed E-state index contributed by atoms with van der Waals surface area (Å²) in [6.07, 6.45) is 3.04. The van der Waals surface area contributed by atoms with E-state index in [-0.39, 0.29) is 0 Å². The SMILES string of the molecule is C=C(CCN(C)C)N/C(C)=C/C. The van der Waals surface area contributed by atoms with Gasteiger partial charge in [0.25, 0.3) is 0 Å².